The summed E-state index contributed by atoms with van der Waals surface area (Å²) in [6.07, 6.45) is -5.62. The first-order chi connectivity index (χ1) is 38.1. The summed E-state index contributed by atoms with van der Waals surface area (Å²) in [6.45, 7) is 3.13. The Morgan fingerprint density at radius 1 is 0.300 bits per heavy atom. The summed E-state index contributed by atoms with van der Waals surface area (Å²) in [6, 6.07) is 39.6. The minimum atomic E-state index is -5.62. The van der Waals surface area contributed by atoms with Crippen molar-refractivity contribution in [3.63, 3.8) is 0 Å². The number of para-hydroxylation sites is 2. The molecule has 8 aromatic rings. The molecule has 0 saturated heterocycles. The van der Waals surface area contributed by atoms with Crippen LogP contribution in [0, 0.1) is 69.8 Å². The maximum Gasteiger partial charge on any atom is -0.0200 e. The van der Waals surface area contributed by atoms with E-state index in [1.807, 2.05) is 36.4 Å². The van der Waals surface area contributed by atoms with Crippen molar-refractivity contribution >= 4 is 148 Å². The van der Waals surface area contributed by atoms with Crippen molar-refractivity contribution in [3.05, 3.63) is 225 Å². The molecule has 0 bridgehead atoms. The van der Waals surface area contributed by atoms with Crippen molar-refractivity contribution in [2.45, 2.75) is 0 Å². The van der Waals surface area contributed by atoms with Crippen molar-refractivity contribution < 1.29 is 71.6 Å². The first kappa shape index (κ1) is 62.9. The van der Waals surface area contributed by atoms with Crippen LogP contribution in [-0.4, -0.2) is 59.7 Å². The van der Waals surface area contributed by atoms with Crippen LogP contribution >= 0.6 is 92.8 Å². The maximum absolute atomic E-state index is 16.0. The van der Waals surface area contributed by atoms with E-state index in [9.17, 15) is 17.6 Å². The molecule has 0 aliphatic carbocycles. The van der Waals surface area contributed by atoms with E-state index >= 15 is 35.1 Å². The Kier molecular flexibility index (Phi) is 21.7. The van der Waals surface area contributed by atoms with E-state index in [2.05, 4.69) is 78.9 Å². The van der Waals surface area contributed by atoms with Gasteiger partial charge in [0.1, 0.15) is 35.2 Å². The summed E-state index contributed by atoms with van der Waals surface area (Å²) in [5.74, 6) is -29.5. The molecule has 0 aliphatic heterocycles. The third kappa shape index (κ3) is 12.5. The molecular formula is C54H31BCl8F12O4Se. The van der Waals surface area contributed by atoms with E-state index in [1.54, 1.807) is 0 Å². The van der Waals surface area contributed by atoms with Crippen LogP contribution in [-0.2, 0) is 9.47 Å². The summed E-state index contributed by atoms with van der Waals surface area (Å²) in [5, 5.41) is -13.9. The minimum Gasteiger partial charge on any atom is -0.0586 e. The van der Waals surface area contributed by atoms with Crippen LogP contribution in [0.5, 0.6) is 11.5 Å². The van der Waals surface area contributed by atoms with E-state index in [1.165, 1.54) is 13.4 Å². The minimum absolute atomic E-state index is 0.497. The van der Waals surface area contributed by atoms with Crippen LogP contribution in [0.15, 0.2) is 115 Å². The van der Waals surface area contributed by atoms with Gasteiger partial charge in [-0.05, 0) is 12.1 Å². The Morgan fingerprint density at radius 2 is 0.588 bits per heavy atom. The van der Waals surface area contributed by atoms with E-state index < -0.39 is 152 Å². The van der Waals surface area contributed by atoms with Crippen molar-refractivity contribution in [1.82, 2.24) is 0 Å². The van der Waals surface area contributed by atoms with Gasteiger partial charge in [-0.2, -0.15) is 0 Å². The average molecular weight is 1350 g/mol. The van der Waals surface area contributed by atoms with Gasteiger partial charge < -0.3 is 0 Å². The zero-order valence-corrected chi connectivity index (χ0v) is 47.7. The smallest absolute Gasteiger partial charge is 0.0200 e. The van der Waals surface area contributed by atoms with E-state index in [0.717, 1.165) is 11.5 Å². The number of rotatable bonds is 18. The summed E-state index contributed by atoms with van der Waals surface area (Å²) in [5.41, 5.74) is -8.47. The van der Waals surface area contributed by atoms with Gasteiger partial charge in [0.2, 0.25) is 0 Å². The third-order valence-corrected chi connectivity index (χ3v) is 20.0. The molecule has 4 nitrogen and oxygen atoms in total. The van der Waals surface area contributed by atoms with Gasteiger partial charge in [-0.15, -0.1) is 21.9 Å². The Morgan fingerprint density at radius 3 is 0.938 bits per heavy atom. The van der Waals surface area contributed by atoms with Gasteiger partial charge >= 0.3 is 177 Å². The first-order valence-electron chi connectivity index (χ1n) is 22.7. The Bertz CT molecular complexity index is 3130. The van der Waals surface area contributed by atoms with E-state index in [0.29, 0.717) is 39.6 Å². The number of benzene rings is 8. The zero-order chi connectivity index (χ0) is 58.3. The molecule has 0 heterocycles. The van der Waals surface area contributed by atoms with Gasteiger partial charge in [-0.25, -0.2) is 52.7 Å². The van der Waals surface area contributed by atoms with Crippen molar-refractivity contribution in [1.29, 1.82) is 0 Å². The predicted molar refractivity (Wildman–Crippen MR) is 293 cm³/mol. The fourth-order valence-electron chi connectivity index (χ4n) is 8.38. The summed E-state index contributed by atoms with van der Waals surface area (Å²) >= 11 is 45.2. The second-order valence-electron chi connectivity index (χ2n) is 16.4. The van der Waals surface area contributed by atoms with E-state index in [-0.39, 0.29) is 0 Å². The van der Waals surface area contributed by atoms with Crippen LogP contribution in [0.4, 0.5) is 52.7 Å². The summed E-state index contributed by atoms with van der Waals surface area (Å²) in [7, 11) is 0. The summed E-state index contributed by atoms with van der Waals surface area (Å²) in [4.78, 5) is 0. The molecule has 0 amide bonds. The van der Waals surface area contributed by atoms with Crippen LogP contribution in [0.2, 0.25) is 40.2 Å². The molecule has 0 N–H and O–H groups in total. The molecule has 0 aliphatic rings. The molecule has 8 aromatic carbocycles. The molecule has 0 fully saturated rings. The van der Waals surface area contributed by atoms with Crippen molar-refractivity contribution in [2.75, 3.05) is 39.6 Å². The molecule has 26 heteroatoms. The number of hydrogen-bond donors (Lipinski definition) is 0. The SMILES string of the molecule is Fc1c(F)c(Cl)c(Cl)c([B-](c2c(F)c(F)c(F)c(Cl)c2Cl)(c2c(F)c(F)c(F)c(Cl)c2Cl)c2c(F)c(F)c(F)c(Cl)c2Cl)c1F.c1ccc(OCCOCCOCCOc2ccccc2[Se+](c2ccccc2)c2ccccc2)cc1. The van der Waals surface area contributed by atoms with Gasteiger partial charge in [0, 0.05) is 20.1 Å². The normalized spacial score (nSPS) is 11.5. The van der Waals surface area contributed by atoms with E-state index in [4.69, 9.17) is 112 Å². The predicted octanol–water partition coefficient (Wildman–Crippen LogP) is 13.7. The Balaban J connectivity index is 0.000000238. The number of hydrogen-bond acceptors (Lipinski definition) is 4. The maximum atomic E-state index is 16.0. The van der Waals surface area contributed by atoms with Crippen LogP contribution in [0.1, 0.15) is 0 Å². The van der Waals surface area contributed by atoms with Gasteiger partial charge in [0.15, 0.2) is 46.5 Å². The molecule has 80 heavy (non-hydrogen) atoms. The zero-order valence-electron chi connectivity index (χ0n) is 39.9. The van der Waals surface area contributed by atoms with Crippen molar-refractivity contribution in [3.8, 4) is 11.5 Å². The number of ether oxygens (including phenoxy) is 4. The van der Waals surface area contributed by atoms with Crippen molar-refractivity contribution in [2.24, 2.45) is 0 Å². The molecule has 0 spiro atoms. The molecular weight excluding hydrogens is 1310 g/mol. The standard InChI is InChI=1S/C30H31O4Se.C24BCl8F12/c1-4-12-26(13-5-1)33-24-22-31-20-21-32-23-25-34-29-18-10-11-19-30(29)35(27-14-6-2-7-15-27)28-16-8-3-9-17-28;26-5-1(13(34)21(42)17(38)9(5)30)25(2-6(27)10(31)18(39)22(43)14(2)35,3-7(28)11(32)19(40)23(44)15(3)36)4-8(29)12(33)20(41)24(45)16(4)37/h1-19H,20-25H2;/q+1;-1. The second kappa shape index (κ2) is 27.6. The largest absolute Gasteiger partial charge is 0.0586 e. The molecule has 0 saturated carbocycles. The van der Waals surface area contributed by atoms with Gasteiger partial charge in [0.05, 0.1) is 20.1 Å². The molecule has 0 aromatic heterocycles. The van der Waals surface area contributed by atoms with Crippen LogP contribution in [0.3, 0.4) is 0 Å². The first-order valence-corrected chi connectivity index (χ1v) is 28.3. The second-order valence-corrected chi connectivity index (χ2v) is 23.6. The number of halogens is 20. The molecule has 8 rings (SSSR count). The fourth-order valence-corrected chi connectivity index (χ4v) is 15.0. The summed E-state index contributed by atoms with van der Waals surface area (Å²) < 4.78 is 210. The molecule has 0 radical (unpaired) electrons. The van der Waals surface area contributed by atoms with Crippen LogP contribution < -0.4 is 44.7 Å². The van der Waals surface area contributed by atoms with Gasteiger partial charge in [0.25, 0.3) is 0 Å². The topological polar surface area (TPSA) is 36.9 Å². The average Bonchev–Trinajstić information content (AvgIpc) is 3.66. The Labute approximate surface area is 492 Å². The fraction of sp³-hybridized carbons (Fsp3) is 0.111. The molecule has 0 unspecified atom stereocenters. The molecule has 0 atom stereocenters. The molecule has 420 valence electrons. The Hall–Kier alpha value is -4.66. The monoisotopic (exact) mass is 1340 g/mol. The van der Waals surface area contributed by atoms with Crippen LogP contribution in [0.25, 0.3) is 0 Å². The quantitative estimate of drug-likeness (QED) is 0.0282. The van der Waals surface area contributed by atoms with Gasteiger partial charge in [-0.1, -0.05) is 111 Å². The van der Waals surface area contributed by atoms with Gasteiger partial charge in [-0.3, -0.25) is 0 Å². The third-order valence-electron chi connectivity index (χ3n) is 11.8.